The number of fused-ring (bicyclic) bond motifs is 1. The Labute approximate surface area is 131 Å². The van der Waals surface area contributed by atoms with Crippen molar-refractivity contribution in [2.75, 3.05) is 11.9 Å². The van der Waals surface area contributed by atoms with Crippen LogP contribution in [0.5, 0.6) is 0 Å². The number of benzene rings is 1. The van der Waals surface area contributed by atoms with Gasteiger partial charge in [0.05, 0.1) is 22.6 Å². The number of aliphatic hydroxyl groups is 1. The number of aromatic nitrogens is 3. The SMILES string of the molecule is Cn1cc(C(O)CNc2ccc([N+](=O)[O-])c3cnccc23)cn1. The van der Waals surface area contributed by atoms with Crippen molar-refractivity contribution < 1.29 is 10.0 Å². The Morgan fingerprint density at radius 2 is 2.17 bits per heavy atom. The van der Waals surface area contributed by atoms with E-state index in [-0.39, 0.29) is 12.2 Å². The van der Waals surface area contributed by atoms with Crippen molar-refractivity contribution in [2.45, 2.75) is 6.10 Å². The van der Waals surface area contributed by atoms with E-state index in [1.165, 1.54) is 12.3 Å². The van der Waals surface area contributed by atoms with Gasteiger partial charge in [-0.2, -0.15) is 5.10 Å². The molecule has 2 aromatic heterocycles. The lowest BCUT2D eigenvalue weighted by atomic mass is 10.1. The lowest BCUT2D eigenvalue weighted by Gasteiger charge is -2.13. The summed E-state index contributed by atoms with van der Waals surface area (Å²) in [4.78, 5) is 14.6. The van der Waals surface area contributed by atoms with E-state index in [0.29, 0.717) is 22.0 Å². The quantitative estimate of drug-likeness (QED) is 0.551. The van der Waals surface area contributed by atoms with Gasteiger partial charge < -0.3 is 10.4 Å². The molecule has 0 fully saturated rings. The fourth-order valence-corrected chi connectivity index (χ4v) is 2.43. The van der Waals surface area contributed by atoms with Crippen molar-refractivity contribution in [2.24, 2.45) is 7.05 Å². The minimum atomic E-state index is -0.726. The minimum Gasteiger partial charge on any atom is -0.386 e. The van der Waals surface area contributed by atoms with Crippen molar-refractivity contribution in [1.82, 2.24) is 14.8 Å². The number of aliphatic hydroxyl groups excluding tert-OH is 1. The molecular weight excluding hydrogens is 298 g/mol. The zero-order chi connectivity index (χ0) is 16.4. The summed E-state index contributed by atoms with van der Waals surface area (Å²) in [6.45, 7) is 0.265. The molecule has 0 aliphatic carbocycles. The number of anilines is 1. The second-order valence-electron chi connectivity index (χ2n) is 5.15. The Morgan fingerprint density at radius 1 is 1.35 bits per heavy atom. The summed E-state index contributed by atoms with van der Waals surface area (Å²) in [6.07, 6.45) is 5.66. The van der Waals surface area contributed by atoms with Crippen LogP contribution in [0.4, 0.5) is 11.4 Å². The van der Waals surface area contributed by atoms with E-state index >= 15 is 0 Å². The van der Waals surface area contributed by atoms with Crippen LogP contribution in [0.3, 0.4) is 0 Å². The Bertz CT molecular complexity index is 861. The number of pyridine rings is 1. The van der Waals surface area contributed by atoms with Crippen LogP contribution in [0, 0.1) is 10.1 Å². The fraction of sp³-hybridized carbons (Fsp3) is 0.200. The first-order valence-electron chi connectivity index (χ1n) is 6.98. The summed E-state index contributed by atoms with van der Waals surface area (Å²) in [5.41, 5.74) is 1.41. The molecule has 0 radical (unpaired) electrons. The van der Waals surface area contributed by atoms with Gasteiger partial charge in [-0.1, -0.05) is 0 Å². The third kappa shape index (κ3) is 2.97. The summed E-state index contributed by atoms with van der Waals surface area (Å²) in [7, 11) is 1.78. The smallest absolute Gasteiger partial charge is 0.278 e. The highest BCUT2D eigenvalue weighted by Crippen LogP contribution is 2.31. The second kappa shape index (κ2) is 6.01. The molecule has 8 nitrogen and oxygen atoms in total. The molecule has 1 atom stereocenters. The molecule has 0 aliphatic rings. The van der Waals surface area contributed by atoms with Crippen LogP contribution < -0.4 is 5.32 Å². The number of aryl methyl sites for hydroxylation is 1. The standard InChI is InChI=1S/C15H15N5O3/c1-19-9-10(6-18-19)15(21)8-17-13-2-3-14(20(22)23)12-7-16-5-4-11(12)13/h2-7,9,15,17,21H,8H2,1H3. The van der Waals surface area contributed by atoms with E-state index in [0.717, 1.165) is 0 Å². The summed E-state index contributed by atoms with van der Waals surface area (Å²) in [5.74, 6) is 0. The van der Waals surface area contributed by atoms with Crippen LogP contribution in [0.15, 0.2) is 43.0 Å². The summed E-state index contributed by atoms with van der Waals surface area (Å²) >= 11 is 0. The third-order valence-corrected chi connectivity index (χ3v) is 3.59. The maximum absolute atomic E-state index is 11.1. The van der Waals surface area contributed by atoms with Crippen LogP contribution >= 0.6 is 0 Å². The number of nitrogens with one attached hydrogen (secondary N) is 1. The predicted molar refractivity (Wildman–Crippen MR) is 85.1 cm³/mol. The van der Waals surface area contributed by atoms with Gasteiger partial charge in [-0.25, -0.2) is 0 Å². The fourth-order valence-electron chi connectivity index (χ4n) is 2.43. The molecule has 1 unspecified atom stereocenters. The summed E-state index contributed by atoms with van der Waals surface area (Å²) in [6, 6.07) is 4.78. The normalized spacial score (nSPS) is 12.3. The van der Waals surface area contributed by atoms with Crippen molar-refractivity contribution in [1.29, 1.82) is 0 Å². The number of nitro groups is 1. The van der Waals surface area contributed by atoms with E-state index in [2.05, 4.69) is 15.4 Å². The third-order valence-electron chi connectivity index (χ3n) is 3.59. The number of non-ortho nitro benzene ring substituents is 1. The number of hydrogen-bond donors (Lipinski definition) is 2. The van der Waals surface area contributed by atoms with E-state index in [4.69, 9.17) is 0 Å². The molecular formula is C15H15N5O3. The molecule has 0 spiro atoms. The first-order valence-corrected chi connectivity index (χ1v) is 6.98. The molecule has 1 aromatic carbocycles. The average molecular weight is 313 g/mol. The topological polar surface area (TPSA) is 106 Å². The van der Waals surface area contributed by atoms with Gasteiger partial charge in [0, 0.05) is 54.9 Å². The molecule has 23 heavy (non-hydrogen) atoms. The molecule has 8 heteroatoms. The molecule has 0 saturated heterocycles. The molecule has 0 aliphatic heterocycles. The molecule has 2 heterocycles. The van der Waals surface area contributed by atoms with Crippen LogP contribution in [-0.4, -0.2) is 31.3 Å². The van der Waals surface area contributed by atoms with Gasteiger partial charge in [0.2, 0.25) is 0 Å². The number of nitro benzene ring substituents is 1. The highest BCUT2D eigenvalue weighted by atomic mass is 16.6. The Morgan fingerprint density at radius 3 is 2.87 bits per heavy atom. The molecule has 0 amide bonds. The molecule has 0 bridgehead atoms. The van der Waals surface area contributed by atoms with Crippen molar-refractivity contribution in [3.8, 4) is 0 Å². The Hall–Kier alpha value is -3.00. The van der Waals surface area contributed by atoms with Gasteiger partial charge in [-0.05, 0) is 12.1 Å². The molecule has 3 rings (SSSR count). The van der Waals surface area contributed by atoms with Crippen LogP contribution in [-0.2, 0) is 7.05 Å². The van der Waals surface area contributed by atoms with E-state index in [9.17, 15) is 15.2 Å². The van der Waals surface area contributed by atoms with Crippen LogP contribution in [0.25, 0.3) is 10.8 Å². The van der Waals surface area contributed by atoms with E-state index in [1.807, 2.05) is 0 Å². The molecule has 118 valence electrons. The van der Waals surface area contributed by atoms with Crippen molar-refractivity contribution in [3.63, 3.8) is 0 Å². The predicted octanol–water partition coefficient (Wildman–Crippen LogP) is 2.02. The van der Waals surface area contributed by atoms with Crippen LogP contribution in [0.1, 0.15) is 11.7 Å². The maximum atomic E-state index is 11.1. The lowest BCUT2D eigenvalue weighted by molar-refractivity contribution is -0.383. The van der Waals surface area contributed by atoms with E-state index < -0.39 is 11.0 Å². The summed E-state index contributed by atoms with van der Waals surface area (Å²) in [5, 5.41) is 29.5. The van der Waals surface area contributed by atoms with Gasteiger partial charge in [-0.15, -0.1) is 0 Å². The van der Waals surface area contributed by atoms with Gasteiger partial charge in [0.15, 0.2) is 0 Å². The highest BCUT2D eigenvalue weighted by molar-refractivity contribution is 5.99. The zero-order valence-electron chi connectivity index (χ0n) is 12.4. The first kappa shape index (κ1) is 14.9. The van der Waals surface area contributed by atoms with Crippen molar-refractivity contribution in [3.05, 3.63) is 58.7 Å². The lowest BCUT2D eigenvalue weighted by Crippen LogP contribution is -2.12. The minimum absolute atomic E-state index is 0.00598. The van der Waals surface area contributed by atoms with Gasteiger partial charge >= 0.3 is 0 Å². The number of rotatable bonds is 5. The molecule has 2 N–H and O–H groups in total. The number of nitrogens with zero attached hydrogens (tertiary/aromatic N) is 4. The first-order chi connectivity index (χ1) is 11.1. The maximum Gasteiger partial charge on any atom is 0.278 e. The van der Waals surface area contributed by atoms with Crippen LogP contribution in [0.2, 0.25) is 0 Å². The average Bonchev–Trinajstić information content (AvgIpc) is 2.98. The zero-order valence-corrected chi connectivity index (χ0v) is 12.4. The summed E-state index contributed by atoms with van der Waals surface area (Å²) < 4.78 is 1.62. The van der Waals surface area contributed by atoms with Crippen molar-refractivity contribution >= 4 is 22.1 Å². The second-order valence-corrected chi connectivity index (χ2v) is 5.15. The molecule has 0 saturated carbocycles. The van der Waals surface area contributed by atoms with Gasteiger partial charge in [-0.3, -0.25) is 19.8 Å². The number of hydrogen-bond acceptors (Lipinski definition) is 6. The highest BCUT2D eigenvalue weighted by Gasteiger charge is 2.15. The Kier molecular flexibility index (Phi) is 3.90. The Balaban J connectivity index is 1.86. The van der Waals surface area contributed by atoms with E-state index in [1.54, 1.807) is 42.5 Å². The van der Waals surface area contributed by atoms with Gasteiger partial charge in [0.25, 0.3) is 5.69 Å². The van der Waals surface area contributed by atoms with Gasteiger partial charge in [0.1, 0.15) is 0 Å². The monoisotopic (exact) mass is 313 g/mol. The molecule has 3 aromatic rings. The largest absolute Gasteiger partial charge is 0.386 e.